The predicted octanol–water partition coefficient (Wildman–Crippen LogP) is 2.11. The van der Waals surface area contributed by atoms with Crippen LogP contribution in [0.2, 0.25) is 0 Å². The number of nitrogens with one attached hydrogen (secondary N) is 1. The Balaban J connectivity index is 2.96. The van der Waals surface area contributed by atoms with E-state index in [0.717, 1.165) is 12.1 Å². The highest BCUT2D eigenvalue weighted by Crippen LogP contribution is 2.15. The molecule has 0 radical (unpaired) electrons. The zero-order valence-corrected chi connectivity index (χ0v) is 7.40. The lowest BCUT2D eigenvalue weighted by atomic mass is 10.1. The van der Waals surface area contributed by atoms with E-state index in [9.17, 15) is 13.6 Å². The van der Waals surface area contributed by atoms with Crippen molar-refractivity contribution in [1.29, 1.82) is 0 Å². The molecule has 0 saturated heterocycles. The Morgan fingerprint density at radius 1 is 1.14 bits per heavy atom. The molecule has 1 aromatic carbocycles. The SMILES string of the molecule is Cc1cc2cc(F)c(F)cc2c(=O)[nH]1. The van der Waals surface area contributed by atoms with E-state index in [1.807, 2.05) is 0 Å². The molecule has 1 N–H and O–H groups in total. The van der Waals surface area contributed by atoms with E-state index in [1.165, 1.54) is 0 Å². The van der Waals surface area contributed by atoms with Gasteiger partial charge in [0.1, 0.15) is 0 Å². The van der Waals surface area contributed by atoms with E-state index in [0.29, 0.717) is 11.1 Å². The molecule has 2 nitrogen and oxygen atoms in total. The van der Waals surface area contributed by atoms with Crippen LogP contribution in [0.15, 0.2) is 23.0 Å². The maximum Gasteiger partial charge on any atom is 0.256 e. The molecule has 0 aliphatic heterocycles. The topological polar surface area (TPSA) is 32.9 Å². The fourth-order valence-corrected chi connectivity index (χ4v) is 1.39. The van der Waals surface area contributed by atoms with Gasteiger partial charge >= 0.3 is 0 Å². The van der Waals surface area contributed by atoms with E-state index in [4.69, 9.17) is 0 Å². The number of aromatic nitrogens is 1. The number of pyridine rings is 1. The zero-order valence-electron chi connectivity index (χ0n) is 7.40. The second-order valence-electron chi connectivity index (χ2n) is 3.14. The summed E-state index contributed by atoms with van der Waals surface area (Å²) in [5.41, 5.74) is 0.215. The van der Waals surface area contributed by atoms with Crippen molar-refractivity contribution in [3.8, 4) is 0 Å². The number of benzene rings is 1. The molecule has 2 aromatic rings. The third kappa shape index (κ3) is 1.28. The fraction of sp³-hybridized carbons (Fsp3) is 0.100. The highest BCUT2D eigenvalue weighted by atomic mass is 19.2. The van der Waals surface area contributed by atoms with Gasteiger partial charge in [0, 0.05) is 5.69 Å². The van der Waals surface area contributed by atoms with Crippen LogP contribution in [0.4, 0.5) is 8.78 Å². The maximum atomic E-state index is 12.8. The highest BCUT2D eigenvalue weighted by molar-refractivity contribution is 5.81. The summed E-state index contributed by atoms with van der Waals surface area (Å²) in [6, 6.07) is 3.52. The van der Waals surface area contributed by atoms with Gasteiger partial charge in [-0.05, 0) is 30.5 Å². The minimum Gasteiger partial charge on any atom is -0.326 e. The molecule has 2 rings (SSSR count). The lowest BCUT2D eigenvalue weighted by Crippen LogP contribution is -2.07. The molecule has 72 valence electrons. The molecule has 1 heterocycles. The number of hydrogen-bond acceptors (Lipinski definition) is 1. The van der Waals surface area contributed by atoms with Crippen LogP contribution < -0.4 is 5.56 Å². The summed E-state index contributed by atoms with van der Waals surface area (Å²) >= 11 is 0. The van der Waals surface area contributed by atoms with E-state index < -0.39 is 17.2 Å². The standard InChI is InChI=1S/C10H7F2NO/c1-5-2-6-3-8(11)9(12)4-7(6)10(14)13-5/h2-4H,1H3,(H,13,14). The molecule has 4 heteroatoms. The van der Waals surface area contributed by atoms with Crippen molar-refractivity contribution in [3.63, 3.8) is 0 Å². The average molecular weight is 195 g/mol. The summed E-state index contributed by atoms with van der Waals surface area (Å²) in [5, 5.41) is 0.569. The van der Waals surface area contributed by atoms with Gasteiger partial charge in [0.05, 0.1) is 5.39 Å². The summed E-state index contributed by atoms with van der Waals surface area (Å²) in [4.78, 5) is 13.8. The van der Waals surface area contributed by atoms with Crippen molar-refractivity contribution in [2.45, 2.75) is 6.92 Å². The molecule has 1 aromatic heterocycles. The molecule has 0 fully saturated rings. The number of aromatic amines is 1. The molecule has 0 amide bonds. The largest absolute Gasteiger partial charge is 0.326 e. The van der Waals surface area contributed by atoms with Crippen molar-refractivity contribution in [2.75, 3.05) is 0 Å². The van der Waals surface area contributed by atoms with Crippen LogP contribution in [-0.2, 0) is 0 Å². The Kier molecular flexibility index (Phi) is 1.84. The molecule has 0 bridgehead atoms. The van der Waals surface area contributed by atoms with Crippen molar-refractivity contribution in [3.05, 3.63) is 45.9 Å². The molecular weight excluding hydrogens is 188 g/mol. The number of H-pyrrole nitrogens is 1. The van der Waals surface area contributed by atoms with Crippen LogP contribution in [0.25, 0.3) is 10.8 Å². The van der Waals surface area contributed by atoms with Crippen LogP contribution in [0.1, 0.15) is 5.69 Å². The van der Waals surface area contributed by atoms with Gasteiger partial charge in [-0.15, -0.1) is 0 Å². The molecular formula is C10H7F2NO. The molecule has 0 aliphatic rings. The quantitative estimate of drug-likeness (QED) is 0.686. The molecule has 0 aliphatic carbocycles. The summed E-state index contributed by atoms with van der Waals surface area (Å²) in [7, 11) is 0. The molecule has 0 unspecified atom stereocenters. The van der Waals surface area contributed by atoms with Crippen LogP contribution in [0, 0.1) is 18.6 Å². The Morgan fingerprint density at radius 3 is 2.50 bits per heavy atom. The third-order valence-corrected chi connectivity index (χ3v) is 2.02. The van der Waals surface area contributed by atoms with E-state index in [2.05, 4.69) is 4.98 Å². The summed E-state index contributed by atoms with van der Waals surface area (Å²) in [6.07, 6.45) is 0. The van der Waals surface area contributed by atoms with E-state index in [1.54, 1.807) is 13.0 Å². The van der Waals surface area contributed by atoms with Gasteiger partial charge in [-0.1, -0.05) is 0 Å². The number of rotatable bonds is 0. The van der Waals surface area contributed by atoms with Gasteiger partial charge in [-0.3, -0.25) is 4.79 Å². The first-order chi connectivity index (χ1) is 6.58. The van der Waals surface area contributed by atoms with Gasteiger partial charge < -0.3 is 4.98 Å². The van der Waals surface area contributed by atoms with Crippen LogP contribution in [0.3, 0.4) is 0 Å². The second kappa shape index (κ2) is 2.90. The van der Waals surface area contributed by atoms with Crippen LogP contribution >= 0.6 is 0 Å². The van der Waals surface area contributed by atoms with E-state index in [-0.39, 0.29) is 5.39 Å². The minimum absolute atomic E-state index is 0.162. The molecule has 14 heavy (non-hydrogen) atoms. The normalized spacial score (nSPS) is 10.8. The van der Waals surface area contributed by atoms with Gasteiger partial charge in [0.2, 0.25) is 0 Å². The number of fused-ring (bicyclic) bond motifs is 1. The Bertz CT molecular complexity index is 560. The van der Waals surface area contributed by atoms with Gasteiger partial charge in [-0.25, -0.2) is 8.78 Å². The van der Waals surface area contributed by atoms with E-state index >= 15 is 0 Å². The van der Waals surface area contributed by atoms with Gasteiger partial charge in [0.15, 0.2) is 11.6 Å². The summed E-state index contributed by atoms with van der Waals surface area (Å²) in [6.45, 7) is 1.68. The third-order valence-electron chi connectivity index (χ3n) is 2.02. The Hall–Kier alpha value is -1.71. The lowest BCUT2D eigenvalue weighted by molar-refractivity contribution is 0.511. The van der Waals surface area contributed by atoms with Crippen molar-refractivity contribution in [2.24, 2.45) is 0 Å². The van der Waals surface area contributed by atoms with Crippen molar-refractivity contribution in [1.82, 2.24) is 4.98 Å². The predicted molar refractivity (Wildman–Crippen MR) is 49.2 cm³/mol. The first-order valence-electron chi connectivity index (χ1n) is 4.06. The van der Waals surface area contributed by atoms with Gasteiger partial charge in [0.25, 0.3) is 5.56 Å². The molecule has 0 spiro atoms. The Morgan fingerprint density at radius 2 is 1.79 bits per heavy atom. The smallest absolute Gasteiger partial charge is 0.256 e. The van der Waals surface area contributed by atoms with Crippen LogP contribution in [-0.4, -0.2) is 4.98 Å². The number of hydrogen-bond donors (Lipinski definition) is 1. The number of aryl methyl sites for hydroxylation is 1. The summed E-state index contributed by atoms with van der Waals surface area (Å²) < 4.78 is 25.6. The molecule has 0 atom stereocenters. The average Bonchev–Trinajstić information content (AvgIpc) is 2.08. The number of halogens is 2. The molecule has 0 saturated carbocycles. The lowest BCUT2D eigenvalue weighted by Gasteiger charge is -1.99. The Labute approximate surface area is 78.2 Å². The minimum atomic E-state index is -1.01. The maximum absolute atomic E-state index is 12.8. The van der Waals surface area contributed by atoms with Crippen LogP contribution in [0.5, 0.6) is 0 Å². The zero-order chi connectivity index (χ0) is 10.3. The first-order valence-corrected chi connectivity index (χ1v) is 4.06. The summed E-state index contributed by atoms with van der Waals surface area (Å²) in [5.74, 6) is -1.95. The second-order valence-corrected chi connectivity index (χ2v) is 3.14. The highest BCUT2D eigenvalue weighted by Gasteiger charge is 2.06. The van der Waals surface area contributed by atoms with Gasteiger partial charge in [-0.2, -0.15) is 0 Å². The first kappa shape index (κ1) is 8.87. The van der Waals surface area contributed by atoms with Crippen molar-refractivity contribution >= 4 is 10.8 Å². The monoisotopic (exact) mass is 195 g/mol. The van der Waals surface area contributed by atoms with Crippen molar-refractivity contribution < 1.29 is 8.78 Å². The fourth-order valence-electron chi connectivity index (χ4n) is 1.39.